The van der Waals surface area contributed by atoms with Crippen LogP contribution < -0.4 is 15.5 Å². The van der Waals surface area contributed by atoms with E-state index in [2.05, 4.69) is 24.5 Å². The van der Waals surface area contributed by atoms with Crippen LogP contribution in [0.3, 0.4) is 0 Å². The molecule has 0 aliphatic carbocycles. The van der Waals surface area contributed by atoms with E-state index in [1.165, 1.54) is 5.56 Å². The van der Waals surface area contributed by atoms with Crippen LogP contribution in [-0.2, 0) is 9.59 Å². The van der Waals surface area contributed by atoms with Gasteiger partial charge in [-0.05, 0) is 48.9 Å². The lowest BCUT2D eigenvalue weighted by Crippen LogP contribution is -3.14. The Morgan fingerprint density at radius 2 is 1.64 bits per heavy atom. The Morgan fingerprint density at radius 3 is 2.25 bits per heavy atom. The highest BCUT2D eigenvalue weighted by molar-refractivity contribution is 7.98. The molecule has 6 heteroatoms. The summed E-state index contributed by atoms with van der Waals surface area (Å²) >= 11 is 1.59. The number of rotatable bonds is 8. The summed E-state index contributed by atoms with van der Waals surface area (Å²) in [6.07, 6.45) is 1.97. The summed E-state index contributed by atoms with van der Waals surface area (Å²) in [5, 5.41) is 5.88. The fraction of sp³-hybridized carbons (Fsp3) is 0.364. The summed E-state index contributed by atoms with van der Waals surface area (Å²) in [6.45, 7) is 6.31. The Labute approximate surface area is 171 Å². The van der Waals surface area contributed by atoms with Crippen LogP contribution in [0.4, 0.5) is 11.4 Å². The second kappa shape index (κ2) is 10.3. The van der Waals surface area contributed by atoms with E-state index in [9.17, 15) is 9.59 Å². The molecule has 150 valence electrons. The first-order valence-corrected chi connectivity index (χ1v) is 10.7. The number of hydrogen-bond donors (Lipinski definition) is 3. The number of para-hydroxylation sites is 1. The number of amides is 2. The molecule has 0 aromatic heterocycles. The number of carbonyl (C=O) groups is 2. The minimum absolute atomic E-state index is 0.105. The third-order valence-corrected chi connectivity index (χ3v) is 5.59. The molecule has 2 amide bonds. The van der Waals surface area contributed by atoms with Gasteiger partial charge in [-0.25, -0.2) is 0 Å². The van der Waals surface area contributed by atoms with Gasteiger partial charge in [-0.3, -0.25) is 9.59 Å². The summed E-state index contributed by atoms with van der Waals surface area (Å²) in [5.41, 5.74) is 2.80. The van der Waals surface area contributed by atoms with E-state index in [4.69, 9.17) is 0 Å². The van der Waals surface area contributed by atoms with Gasteiger partial charge in [-0.2, -0.15) is 0 Å². The van der Waals surface area contributed by atoms with E-state index in [1.54, 1.807) is 11.8 Å². The van der Waals surface area contributed by atoms with Gasteiger partial charge < -0.3 is 15.5 Å². The molecule has 0 heterocycles. The zero-order chi connectivity index (χ0) is 20.7. The molecule has 0 radical (unpaired) electrons. The molecule has 2 aromatic carbocycles. The number of benzene rings is 2. The quantitative estimate of drug-likeness (QED) is 0.597. The molecular weight excluding hydrogens is 370 g/mol. The van der Waals surface area contributed by atoms with Crippen molar-refractivity contribution in [3.63, 3.8) is 0 Å². The van der Waals surface area contributed by atoms with Crippen LogP contribution in [0.5, 0.6) is 0 Å². The SMILES string of the molecule is CSc1ccccc1NC(=O)C[NH+](C)[C@@H](C)C(=O)Nc1ccc(C(C)C)cc1. The molecule has 2 rings (SSSR count). The van der Waals surface area contributed by atoms with Crippen LogP contribution in [0.2, 0.25) is 0 Å². The Balaban J connectivity index is 1.90. The second-order valence-electron chi connectivity index (χ2n) is 7.26. The van der Waals surface area contributed by atoms with Crippen LogP contribution in [0.1, 0.15) is 32.3 Å². The zero-order valence-electron chi connectivity index (χ0n) is 17.2. The van der Waals surface area contributed by atoms with Crippen molar-refractivity contribution in [2.75, 3.05) is 30.5 Å². The Hall–Kier alpha value is -2.31. The van der Waals surface area contributed by atoms with Gasteiger partial charge in [0.2, 0.25) is 0 Å². The minimum atomic E-state index is -0.355. The van der Waals surface area contributed by atoms with Gasteiger partial charge >= 0.3 is 0 Å². The number of thioether (sulfide) groups is 1. The van der Waals surface area contributed by atoms with Crippen molar-refractivity contribution in [3.05, 3.63) is 54.1 Å². The molecule has 0 bridgehead atoms. The van der Waals surface area contributed by atoms with Crippen LogP contribution in [0, 0.1) is 0 Å². The highest BCUT2D eigenvalue weighted by Crippen LogP contribution is 2.24. The van der Waals surface area contributed by atoms with Crippen molar-refractivity contribution in [2.45, 2.75) is 37.6 Å². The third kappa shape index (κ3) is 6.11. The third-order valence-electron chi connectivity index (χ3n) is 4.80. The lowest BCUT2D eigenvalue weighted by atomic mass is 10.0. The van der Waals surface area contributed by atoms with E-state index >= 15 is 0 Å². The minimum Gasteiger partial charge on any atom is -0.321 e. The van der Waals surface area contributed by atoms with Crippen LogP contribution in [-0.4, -0.2) is 37.7 Å². The predicted molar refractivity (Wildman–Crippen MR) is 117 cm³/mol. The Morgan fingerprint density at radius 1 is 1.00 bits per heavy atom. The number of quaternary nitrogens is 1. The Kier molecular flexibility index (Phi) is 8.08. The molecule has 0 spiro atoms. The van der Waals surface area contributed by atoms with Gasteiger partial charge in [0.05, 0.1) is 12.7 Å². The first-order chi connectivity index (χ1) is 13.3. The largest absolute Gasteiger partial charge is 0.321 e. The van der Waals surface area contributed by atoms with Gasteiger partial charge in [0, 0.05) is 10.6 Å². The van der Waals surface area contributed by atoms with Gasteiger partial charge in [0.25, 0.3) is 11.8 Å². The Bertz CT molecular complexity index is 806. The fourth-order valence-electron chi connectivity index (χ4n) is 2.77. The molecule has 0 aliphatic heterocycles. The number of likely N-dealkylation sites (N-methyl/N-ethyl adjacent to an activating group) is 1. The van der Waals surface area contributed by atoms with Crippen molar-refractivity contribution < 1.29 is 14.5 Å². The molecule has 0 saturated carbocycles. The highest BCUT2D eigenvalue weighted by atomic mass is 32.2. The molecule has 3 N–H and O–H groups in total. The smallest absolute Gasteiger partial charge is 0.282 e. The number of carbonyl (C=O) groups excluding carboxylic acids is 2. The lowest BCUT2D eigenvalue weighted by Gasteiger charge is -2.21. The summed E-state index contributed by atoms with van der Waals surface area (Å²) in [4.78, 5) is 26.8. The van der Waals surface area contributed by atoms with Gasteiger partial charge in [-0.15, -0.1) is 11.8 Å². The molecule has 2 aromatic rings. The van der Waals surface area contributed by atoms with Crippen LogP contribution in [0.15, 0.2) is 53.4 Å². The molecule has 2 atom stereocenters. The number of hydrogen-bond acceptors (Lipinski definition) is 3. The maximum Gasteiger partial charge on any atom is 0.282 e. The van der Waals surface area contributed by atoms with E-state index < -0.39 is 0 Å². The van der Waals surface area contributed by atoms with E-state index in [0.29, 0.717) is 5.92 Å². The molecule has 0 aliphatic rings. The van der Waals surface area contributed by atoms with Crippen molar-refractivity contribution in [1.29, 1.82) is 0 Å². The van der Waals surface area contributed by atoms with E-state index in [-0.39, 0.29) is 24.4 Å². The molecule has 28 heavy (non-hydrogen) atoms. The van der Waals surface area contributed by atoms with Crippen molar-refractivity contribution in [2.24, 2.45) is 0 Å². The van der Waals surface area contributed by atoms with Crippen LogP contribution in [0.25, 0.3) is 0 Å². The second-order valence-corrected chi connectivity index (χ2v) is 8.11. The van der Waals surface area contributed by atoms with E-state index in [0.717, 1.165) is 21.2 Å². The monoisotopic (exact) mass is 400 g/mol. The highest BCUT2D eigenvalue weighted by Gasteiger charge is 2.24. The first kappa shape index (κ1) is 22.0. The molecule has 1 unspecified atom stereocenters. The van der Waals surface area contributed by atoms with Crippen molar-refractivity contribution in [3.8, 4) is 0 Å². The number of nitrogens with one attached hydrogen (secondary N) is 3. The average molecular weight is 401 g/mol. The maximum absolute atomic E-state index is 12.5. The predicted octanol–water partition coefficient (Wildman–Crippen LogP) is 3.01. The average Bonchev–Trinajstić information content (AvgIpc) is 2.68. The maximum atomic E-state index is 12.5. The topological polar surface area (TPSA) is 62.6 Å². The van der Waals surface area contributed by atoms with Gasteiger partial charge in [0.1, 0.15) is 0 Å². The van der Waals surface area contributed by atoms with Crippen molar-refractivity contribution >= 4 is 35.0 Å². The standard InChI is InChI=1S/C22H29N3O2S/c1-15(2)17-10-12-18(13-11-17)23-22(27)16(3)25(4)14-21(26)24-19-8-6-7-9-20(19)28-5/h6-13,15-16H,14H2,1-5H3,(H,23,27)(H,24,26)/p+1/t16-/m0/s1. The zero-order valence-corrected chi connectivity index (χ0v) is 18.0. The molecule has 0 saturated heterocycles. The lowest BCUT2D eigenvalue weighted by molar-refractivity contribution is -0.885. The summed E-state index contributed by atoms with van der Waals surface area (Å²) in [7, 11) is 1.85. The van der Waals surface area contributed by atoms with Gasteiger partial charge in [-0.1, -0.05) is 38.1 Å². The normalized spacial score (nSPS) is 13.1. The van der Waals surface area contributed by atoms with Crippen molar-refractivity contribution in [1.82, 2.24) is 0 Å². The molecule has 5 nitrogen and oxygen atoms in total. The summed E-state index contributed by atoms with van der Waals surface area (Å²) < 4.78 is 0. The molecule has 0 fully saturated rings. The summed E-state index contributed by atoms with van der Waals surface area (Å²) in [5.74, 6) is 0.237. The molecular formula is C22H30N3O2S+. The summed E-state index contributed by atoms with van der Waals surface area (Å²) in [6, 6.07) is 15.2. The van der Waals surface area contributed by atoms with Gasteiger partial charge in [0.15, 0.2) is 12.6 Å². The number of anilines is 2. The van der Waals surface area contributed by atoms with E-state index in [1.807, 2.05) is 68.8 Å². The van der Waals surface area contributed by atoms with Crippen LogP contribution >= 0.6 is 11.8 Å². The fourth-order valence-corrected chi connectivity index (χ4v) is 3.33. The first-order valence-electron chi connectivity index (χ1n) is 9.47.